The number of rotatable bonds is 8. The average Bonchev–Trinajstić information content (AvgIpc) is 2.68. The first-order valence-corrected chi connectivity index (χ1v) is 9.49. The Morgan fingerprint density at radius 3 is 2.07 bits per heavy atom. The molecule has 0 unspecified atom stereocenters. The van der Waals surface area contributed by atoms with Crippen molar-refractivity contribution in [1.82, 2.24) is 5.32 Å². The lowest BCUT2D eigenvalue weighted by Gasteiger charge is -2.21. The van der Waals surface area contributed by atoms with Crippen molar-refractivity contribution in [3.8, 4) is 0 Å². The number of benzene rings is 2. The molecular formula is C22H29N3O2. The molecule has 0 saturated heterocycles. The second-order valence-corrected chi connectivity index (χ2v) is 6.86. The van der Waals surface area contributed by atoms with Crippen LogP contribution < -0.4 is 15.5 Å². The third-order valence-electron chi connectivity index (χ3n) is 4.31. The number of hydrogen-bond acceptors (Lipinski definition) is 3. The molecule has 2 amide bonds. The van der Waals surface area contributed by atoms with E-state index in [1.54, 1.807) is 24.3 Å². The van der Waals surface area contributed by atoms with Gasteiger partial charge in [-0.1, -0.05) is 19.9 Å². The lowest BCUT2D eigenvalue weighted by Crippen LogP contribution is -2.27. The Hall–Kier alpha value is -2.82. The van der Waals surface area contributed by atoms with E-state index in [4.69, 9.17) is 0 Å². The van der Waals surface area contributed by atoms with Crippen LogP contribution in [0.3, 0.4) is 0 Å². The molecule has 5 nitrogen and oxygen atoms in total. The van der Waals surface area contributed by atoms with E-state index < -0.39 is 0 Å². The van der Waals surface area contributed by atoms with Gasteiger partial charge in [0.05, 0.1) is 0 Å². The largest absolute Gasteiger partial charge is 0.372 e. The van der Waals surface area contributed by atoms with Gasteiger partial charge in [-0.05, 0) is 62.2 Å². The zero-order valence-corrected chi connectivity index (χ0v) is 16.6. The van der Waals surface area contributed by atoms with Gasteiger partial charge in [0.25, 0.3) is 11.8 Å². The van der Waals surface area contributed by atoms with Crippen LogP contribution in [-0.4, -0.2) is 31.4 Å². The summed E-state index contributed by atoms with van der Waals surface area (Å²) in [6.07, 6.45) is 0. The molecule has 2 aromatic carbocycles. The highest BCUT2D eigenvalue weighted by Crippen LogP contribution is 2.18. The third kappa shape index (κ3) is 5.84. The SMILES string of the molecule is CCN(CC)c1ccc(NC(=O)c2cccc(C(=O)NCC(C)C)c2)cc1. The lowest BCUT2D eigenvalue weighted by molar-refractivity contribution is 0.0949. The first-order chi connectivity index (χ1) is 12.9. The zero-order chi connectivity index (χ0) is 19.8. The molecule has 0 spiro atoms. The van der Waals surface area contributed by atoms with Gasteiger partial charge in [0.1, 0.15) is 0 Å². The van der Waals surface area contributed by atoms with E-state index in [1.165, 1.54) is 0 Å². The van der Waals surface area contributed by atoms with E-state index in [0.29, 0.717) is 23.6 Å². The molecule has 0 radical (unpaired) electrons. The summed E-state index contributed by atoms with van der Waals surface area (Å²) in [6.45, 7) is 10.8. The Balaban J connectivity index is 2.05. The smallest absolute Gasteiger partial charge is 0.255 e. The molecule has 0 saturated carbocycles. The van der Waals surface area contributed by atoms with E-state index in [1.807, 2.05) is 38.1 Å². The maximum atomic E-state index is 12.5. The number of carbonyl (C=O) groups excluding carboxylic acids is 2. The standard InChI is InChI=1S/C22H29N3O2/c1-5-25(6-2)20-12-10-19(11-13-20)24-22(27)18-9-7-8-17(14-18)21(26)23-15-16(3)4/h7-14,16H,5-6,15H2,1-4H3,(H,23,26)(H,24,27). The number of hydrogen-bond donors (Lipinski definition) is 2. The van der Waals surface area contributed by atoms with Crippen molar-refractivity contribution < 1.29 is 9.59 Å². The lowest BCUT2D eigenvalue weighted by atomic mass is 10.1. The molecule has 0 aromatic heterocycles. The van der Waals surface area contributed by atoms with Crippen molar-refractivity contribution in [2.75, 3.05) is 29.9 Å². The quantitative estimate of drug-likeness (QED) is 0.736. The van der Waals surface area contributed by atoms with Crippen molar-refractivity contribution in [2.45, 2.75) is 27.7 Å². The highest BCUT2D eigenvalue weighted by molar-refractivity contribution is 6.06. The first kappa shape index (κ1) is 20.5. The Kier molecular flexibility index (Phi) is 7.41. The van der Waals surface area contributed by atoms with Crippen LogP contribution in [0.5, 0.6) is 0 Å². The summed E-state index contributed by atoms with van der Waals surface area (Å²) in [5.74, 6) is -0.0224. The van der Waals surface area contributed by atoms with Crippen LogP contribution in [0, 0.1) is 5.92 Å². The van der Waals surface area contributed by atoms with Gasteiger partial charge in [-0.2, -0.15) is 0 Å². The van der Waals surface area contributed by atoms with Crippen LogP contribution in [0.4, 0.5) is 11.4 Å². The van der Waals surface area contributed by atoms with Crippen molar-refractivity contribution in [3.63, 3.8) is 0 Å². The van der Waals surface area contributed by atoms with Gasteiger partial charge >= 0.3 is 0 Å². The maximum Gasteiger partial charge on any atom is 0.255 e. The second-order valence-electron chi connectivity index (χ2n) is 6.86. The van der Waals surface area contributed by atoms with Gasteiger partial charge in [-0.3, -0.25) is 9.59 Å². The van der Waals surface area contributed by atoms with Crippen molar-refractivity contribution in [3.05, 3.63) is 59.7 Å². The molecule has 2 rings (SSSR count). The number of nitrogens with zero attached hydrogens (tertiary/aromatic N) is 1. The van der Waals surface area contributed by atoms with Crippen LogP contribution in [0.1, 0.15) is 48.4 Å². The number of nitrogens with one attached hydrogen (secondary N) is 2. The van der Waals surface area contributed by atoms with E-state index in [0.717, 1.165) is 24.5 Å². The molecule has 144 valence electrons. The molecule has 2 N–H and O–H groups in total. The third-order valence-corrected chi connectivity index (χ3v) is 4.31. The van der Waals surface area contributed by atoms with Crippen LogP contribution in [-0.2, 0) is 0 Å². The summed E-state index contributed by atoms with van der Waals surface area (Å²) in [6, 6.07) is 14.5. The fraction of sp³-hybridized carbons (Fsp3) is 0.364. The number of carbonyl (C=O) groups is 2. The Labute approximate surface area is 161 Å². The fourth-order valence-electron chi connectivity index (χ4n) is 2.75. The van der Waals surface area contributed by atoms with Crippen LogP contribution in [0.2, 0.25) is 0 Å². The normalized spacial score (nSPS) is 10.6. The van der Waals surface area contributed by atoms with E-state index >= 15 is 0 Å². The summed E-state index contributed by atoms with van der Waals surface area (Å²) < 4.78 is 0. The highest BCUT2D eigenvalue weighted by atomic mass is 16.2. The molecule has 0 heterocycles. The summed E-state index contributed by atoms with van der Waals surface area (Å²) in [7, 11) is 0. The van der Waals surface area contributed by atoms with Gasteiger partial charge in [-0.15, -0.1) is 0 Å². The van der Waals surface area contributed by atoms with E-state index in [2.05, 4.69) is 29.4 Å². The number of amides is 2. The molecular weight excluding hydrogens is 338 g/mol. The molecule has 0 atom stereocenters. The summed E-state index contributed by atoms with van der Waals surface area (Å²) >= 11 is 0. The molecule has 0 aliphatic heterocycles. The van der Waals surface area contributed by atoms with Crippen LogP contribution in [0.25, 0.3) is 0 Å². The van der Waals surface area contributed by atoms with Crippen LogP contribution in [0.15, 0.2) is 48.5 Å². The van der Waals surface area contributed by atoms with Gasteiger partial charge in [-0.25, -0.2) is 0 Å². The topological polar surface area (TPSA) is 61.4 Å². The van der Waals surface area contributed by atoms with Crippen molar-refractivity contribution in [1.29, 1.82) is 0 Å². The first-order valence-electron chi connectivity index (χ1n) is 9.49. The Bertz CT molecular complexity index is 765. The molecule has 0 bridgehead atoms. The molecule has 27 heavy (non-hydrogen) atoms. The van der Waals surface area contributed by atoms with Crippen molar-refractivity contribution >= 4 is 23.2 Å². The van der Waals surface area contributed by atoms with E-state index in [9.17, 15) is 9.59 Å². The minimum absolute atomic E-state index is 0.165. The Morgan fingerprint density at radius 2 is 1.52 bits per heavy atom. The van der Waals surface area contributed by atoms with Gasteiger partial charge < -0.3 is 15.5 Å². The predicted octanol–water partition coefficient (Wildman–Crippen LogP) is 4.17. The highest BCUT2D eigenvalue weighted by Gasteiger charge is 2.11. The van der Waals surface area contributed by atoms with Gasteiger partial charge in [0, 0.05) is 42.1 Å². The average molecular weight is 367 g/mol. The van der Waals surface area contributed by atoms with Crippen LogP contribution >= 0.6 is 0 Å². The van der Waals surface area contributed by atoms with Crippen molar-refractivity contribution in [2.24, 2.45) is 5.92 Å². The minimum Gasteiger partial charge on any atom is -0.372 e. The molecule has 0 fully saturated rings. The number of anilines is 2. The molecule has 2 aromatic rings. The summed E-state index contributed by atoms with van der Waals surface area (Å²) in [4.78, 5) is 27.0. The summed E-state index contributed by atoms with van der Waals surface area (Å²) in [5, 5.41) is 5.75. The molecule has 5 heteroatoms. The maximum absolute atomic E-state index is 12.5. The summed E-state index contributed by atoms with van der Waals surface area (Å²) in [5.41, 5.74) is 2.80. The zero-order valence-electron chi connectivity index (χ0n) is 16.6. The monoisotopic (exact) mass is 367 g/mol. The second kappa shape index (κ2) is 9.76. The molecule has 0 aliphatic carbocycles. The molecule has 0 aliphatic rings. The minimum atomic E-state index is -0.232. The fourth-order valence-corrected chi connectivity index (χ4v) is 2.75. The van der Waals surface area contributed by atoms with Gasteiger partial charge in [0.15, 0.2) is 0 Å². The Morgan fingerprint density at radius 1 is 0.926 bits per heavy atom. The predicted molar refractivity (Wildman–Crippen MR) is 112 cm³/mol. The van der Waals surface area contributed by atoms with Gasteiger partial charge in [0.2, 0.25) is 0 Å². The van der Waals surface area contributed by atoms with E-state index in [-0.39, 0.29) is 11.8 Å².